The van der Waals surface area contributed by atoms with E-state index in [0.29, 0.717) is 18.7 Å². The van der Waals surface area contributed by atoms with E-state index in [1.807, 2.05) is 27.7 Å². The zero-order valence-corrected chi connectivity index (χ0v) is 14.8. The Balaban J connectivity index is 2.48. The smallest absolute Gasteiger partial charge is 0.271 e. The number of nitrogens with one attached hydrogen (secondary N) is 2. The van der Waals surface area contributed by atoms with Crippen molar-refractivity contribution in [2.24, 2.45) is 5.41 Å². The molecule has 0 saturated heterocycles. The number of pyridine rings is 1. The fraction of sp³-hybridized carbons (Fsp3) is 0.529. The van der Waals surface area contributed by atoms with Crippen molar-refractivity contribution in [1.82, 2.24) is 20.7 Å². The van der Waals surface area contributed by atoms with Crippen LogP contribution < -0.4 is 10.9 Å². The van der Waals surface area contributed by atoms with Crippen LogP contribution in [-0.4, -0.2) is 40.7 Å². The molecule has 0 saturated carbocycles. The highest BCUT2D eigenvalue weighted by molar-refractivity contribution is 5.95. The van der Waals surface area contributed by atoms with Gasteiger partial charge in [0, 0.05) is 38.3 Å². The van der Waals surface area contributed by atoms with Gasteiger partial charge in [0.1, 0.15) is 0 Å². The van der Waals surface area contributed by atoms with Gasteiger partial charge in [0.15, 0.2) is 0 Å². The second-order valence-electron chi connectivity index (χ2n) is 6.33. The molecular weight excluding hydrogens is 308 g/mol. The van der Waals surface area contributed by atoms with Gasteiger partial charge in [0.05, 0.1) is 5.56 Å². The molecule has 3 amide bonds. The molecule has 0 bridgehead atoms. The molecule has 0 radical (unpaired) electrons. The van der Waals surface area contributed by atoms with Gasteiger partial charge in [-0.25, -0.2) is 0 Å². The normalized spacial score (nSPS) is 10.8. The van der Waals surface area contributed by atoms with Gasteiger partial charge < -0.3 is 4.90 Å². The Morgan fingerprint density at radius 1 is 1.12 bits per heavy atom. The Labute approximate surface area is 142 Å². The van der Waals surface area contributed by atoms with Crippen LogP contribution in [0.2, 0.25) is 0 Å². The zero-order chi connectivity index (χ0) is 18.2. The van der Waals surface area contributed by atoms with Crippen molar-refractivity contribution in [2.75, 3.05) is 13.1 Å². The third kappa shape index (κ3) is 6.36. The number of amides is 3. The van der Waals surface area contributed by atoms with Gasteiger partial charge in [0.2, 0.25) is 11.8 Å². The predicted octanol–water partition coefficient (Wildman–Crippen LogP) is 1.52. The minimum Gasteiger partial charge on any atom is -0.343 e. The summed E-state index contributed by atoms with van der Waals surface area (Å²) in [6.07, 6.45) is 3.38. The van der Waals surface area contributed by atoms with Crippen LogP contribution in [0.3, 0.4) is 0 Å². The molecule has 132 valence electrons. The largest absolute Gasteiger partial charge is 0.343 e. The highest BCUT2D eigenvalue weighted by Gasteiger charge is 2.27. The van der Waals surface area contributed by atoms with Crippen LogP contribution in [0, 0.1) is 5.41 Å². The summed E-state index contributed by atoms with van der Waals surface area (Å²) in [5.74, 6) is -0.754. The number of carbonyl (C=O) groups is 3. The molecule has 1 aromatic rings. The fourth-order valence-corrected chi connectivity index (χ4v) is 2.33. The SMILES string of the molecule is CCN(CC)C(=O)CC(C)(C)CC(=O)NNC(=O)c1cccnc1. The second-order valence-corrected chi connectivity index (χ2v) is 6.33. The molecule has 1 heterocycles. The quantitative estimate of drug-likeness (QED) is 0.740. The minimum absolute atomic E-state index is 0.0252. The summed E-state index contributed by atoms with van der Waals surface area (Å²) < 4.78 is 0. The number of hydrazine groups is 1. The summed E-state index contributed by atoms with van der Waals surface area (Å²) >= 11 is 0. The van der Waals surface area contributed by atoms with Crippen molar-refractivity contribution < 1.29 is 14.4 Å². The molecule has 2 N–H and O–H groups in total. The van der Waals surface area contributed by atoms with Crippen LogP contribution >= 0.6 is 0 Å². The van der Waals surface area contributed by atoms with Gasteiger partial charge in [-0.1, -0.05) is 13.8 Å². The lowest BCUT2D eigenvalue weighted by Crippen LogP contribution is -2.43. The summed E-state index contributed by atoms with van der Waals surface area (Å²) in [5.41, 5.74) is 4.58. The Kier molecular flexibility index (Phi) is 7.35. The van der Waals surface area contributed by atoms with Crippen LogP contribution in [0.15, 0.2) is 24.5 Å². The maximum atomic E-state index is 12.2. The molecule has 0 aliphatic heterocycles. The molecule has 24 heavy (non-hydrogen) atoms. The molecule has 0 unspecified atom stereocenters. The Hall–Kier alpha value is -2.44. The van der Waals surface area contributed by atoms with Crippen molar-refractivity contribution in [3.63, 3.8) is 0 Å². The first kappa shape index (κ1) is 19.6. The van der Waals surface area contributed by atoms with Crippen LogP contribution in [0.5, 0.6) is 0 Å². The van der Waals surface area contributed by atoms with Crippen LogP contribution in [-0.2, 0) is 9.59 Å². The van der Waals surface area contributed by atoms with E-state index in [-0.39, 0.29) is 24.7 Å². The van der Waals surface area contributed by atoms with Crippen molar-refractivity contribution in [3.05, 3.63) is 30.1 Å². The third-order valence-electron chi connectivity index (χ3n) is 3.62. The van der Waals surface area contributed by atoms with Gasteiger partial charge in [0.25, 0.3) is 5.91 Å². The van der Waals surface area contributed by atoms with Gasteiger partial charge in [-0.3, -0.25) is 30.2 Å². The molecule has 7 heteroatoms. The Bertz CT molecular complexity index is 568. The second kappa shape index (κ2) is 9.00. The maximum Gasteiger partial charge on any atom is 0.271 e. The van der Waals surface area contributed by atoms with E-state index >= 15 is 0 Å². The lowest BCUT2D eigenvalue weighted by molar-refractivity contribution is -0.133. The summed E-state index contributed by atoms with van der Waals surface area (Å²) in [5, 5.41) is 0. The molecule has 7 nitrogen and oxygen atoms in total. The monoisotopic (exact) mass is 334 g/mol. The number of hydrogen-bond donors (Lipinski definition) is 2. The van der Waals surface area contributed by atoms with Crippen molar-refractivity contribution in [1.29, 1.82) is 0 Å². The standard InChI is InChI=1S/C17H26N4O3/c1-5-21(6-2)15(23)11-17(3,4)10-14(22)19-20-16(24)13-8-7-9-18-12-13/h7-9,12H,5-6,10-11H2,1-4H3,(H,19,22)(H,20,24). The first-order valence-corrected chi connectivity index (χ1v) is 8.06. The summed E-state index contributed by atoms with van der Waals surface area (Å²) in [7, 11) is 0. The summed E-state index contributed by atoms with van der Waals surface area (Å²) in [6.45, 7) is 8.87. The molecule has 0 atom stereocenters. The van der Waals surface area contributed by atoms with E-state index in [9.17, 15) is 14.4 Å². The topological polar surface area (TPSA) is 91.4 Å². The number of rotatable bonds is 7. The Morgan fingerprint density at radius 2 is 1.79 bits per heavy atom. The van der Waals surface area contributed by atoms with Gasteiger partial charge >= 0.3 is 0 Å². The molecule has 0 aromatic carbocycles. The molecule has 0 fully saturated rings. The fourth-order valence-electron chi connectivity index (χ4n) is 2.33. The predicted molar refractivity (Wildman–Crippen MR) is 90.8 cm³/mol. The van der Waals surface area contributed by atoms with Gasteiger partial charge in [-0.15, -0.1) is 0 Å². The van der Waals surface area contributed by atoms with E-state index in [0.717, 1.165) is 0 Å². The Morgan fingerprint density at radius 3 is 2.33 bits per heavy atom. The molecule has 1 rings (SSSR count). The van der Waals surface area contributed by atoms with E-state index < -0.39 is 11.3 Å². The van der Waals surface area contributed by atoms with Gasteiger partial charge in [-0.2, -0.15) is 0 Å². The average molecular weight is 334 g/mol. The molecular formula is C17H26N4O3. The number of aromatic nitrogens is 1. The minimum atomic E-state index is -0.497. The zero-order valence-electron chi connectivity index (χ0n) is 14.8. The first-order chi connectivity index (χ1) is 11.3. The number of hydrogen-bond acceptors (Lipinski definition) is 4. The maximum absolute atomic E-state index is 12.2. The van der Waals surface area contributed by atoms with Crippen molar-refractivity contribution >= 4 is 17.7 Å². The molecule has 0 aliphatic rings. The summed E-state index contributed by atoms with van der Waals surface area (Å²) in [4.78, 5) is 41.6. The van der Waals surface area contributed by atoms with E-state index in [4.69, 9.17) is 0 Å². The van der Waals surface area contributed by atoms with Crippen LogP contribution in [0.25, 0.3) is 0 Å². The highest BCUT2D eigenvalue weighted by atomic mass is 16.2. The van der Waals surface area contributed by atoms with Crippen molar-refractivity contribution in [2.45, 2.75) is 40.5 Å². The lowest BCUT2D eigenvalue weighted by atomic mass is 9.85. The summed E-state index contributed by atoms with van der Waals surface area (Å²) in [6, 6.07) is 3.24. The van der Waals surface area contributed by atoms with E-state index in [1.165, 1.54) is 6.20 Å². The number of carbonyl (C=O) groups excluding carboxylic acids is 3. The molecule has 1 aromatic heterocycles. The molecule has 0 aliphatic carbocycles. The van der Waals surface area contributed by atoms with Crippen LogP contribution in [0.1, 0.15) is 50.9 Å². The average Bonchev–Trinajstić information content (AvgIpc) is 2.53. The van der Waals surface area contributed by atoms with E-state index in [2.05, 4.69) is 15.8 Å². The van der Waals surface area contributed by atoms with Gasteiger partial charge in [-0.05, 0) is 31.4 Å². The number of nitrogens with zero attached hydrogens (tertiary/aromatic N) is 2. The molecule has 0 spiro atoms. The van der Waals surface area contributed by atoms with E-state index in [1.54, 1.807) is 23.2 Å². The first-order valence-electron chi connectivity index (χ1n) is 8.06. The van der Waals surface area contributed by atoms with Crippen molar-refractivity contribution in [3.8, 4) is 0 Å². The lowest BCUT2D eigenvalue weighted by Gasteiger charge is -2.27. The highest BCUT2D eigenvalue weighted by Crippen LogP contribution is 2.25. The third-order valence-corrected chi connectivity index (χ3v) is 3.62. The van der Waals surface area contributed by atoms with Crippen LogP contribution in [0.4, 0.5) is 0 Å².